The van der Waals surface area contributed by atoms with E-state index in [9.17, 15) is 0 Å². The highest BCUT2D eigenvalue weighted by Gasteiger charge is 1.96. The van der Waals surface area contributed by atoms with E-state index in [0.717, 1.165) is 18.4 Å². The molecule has 0 aliphatic carbocycles. The van der Waals surface area contributed by atoms with Gasteiger partial charge in [0.15, 0.2) is 0 Å². The summed E-state index contributed by atoms with van der Waals surface area (Å²) in [6.45, 7) is 1.94. The summed E-state index contributed by atoms with van der Waals surface area (Å²) < 4.78 is 0. The van der Waals surface area contributed by atoms with Gasteiger partial charge in [0.05, 0.1) is 0 Å². The Morgan fingerprint density at radius 3 is 1.55 bits per heavy atom. The van der Waals surface area contributed by atoms with Crippen molar-refractivity contribution in [3.05, 3.63) is 60.7 Å². The van der Waals surface area contributed by atoms with Gasteiger partial charge in [0.25, 0.3) is 0 Å². The quantitative estimate of drug-likeness (QED) is 0.656. The zero-order chi connectivity index (χ0) is 16.2. The Labute approximate surface area is 147 Å². The van der Waals surface area contributed by atoms with Crippen molar-refractivity contribution in [1.29, 1.82) is 0 Å². The van der Waals surface area contributed by atoms with E-state index in [4.69, 9.17) is 11.6 Å². The maximum atomic E-state index is 5.60. The predicted molar refractivity (Wildman–Crippen MR) is 104 cm³/mol. The van der Waals surface area contributed by atoms with E-state index in [-0.39, 0.29) is 0 Å². The van der Waals surface area contributed by atoms with Crippen LogP contribution in [0.2, 0.25) is 0 Å². The van der Waals surface area contributed by atoms with E-state index in [1.807, 2.05) is 31.3 Å². The number of hydrogen-bond donors (Lipinski definition) is 0. The molecule has 0 saturated heterocycles. The summed E-state index contributed by atoms with van der Waals surface area (Å²) >= 11 is 9.01. The Balaban J connectivity index is 0.000000220. The lowest BCUT2D eigenvalue weighted by Gasteiger charge is -2.17. The molecule has 4 heteroatoms. The molecule has 0 aliphatic rings. The van der Waals surface area contributed by atoms with Gasteiger partial charge < -0.3 is 9.80 Å². The van der Waals surface area contributed by atoms with Gasteiger partial charge in [-0.3, -0.25) is 0 Å². The van der Waals surface area contributed by atoms with Gasteiger partial charge in [0, 0.05) is 49.8 Å². The summed E-state index contributed by atoms with van der Waals surface area (Å²) in [5.74, 6) is 0.672. The van der Waals surface area contributed by atoms with Crippen LogP contribution in [0.3, 0.4) is 0 Å². The van der Waals surface area contributed by atoms with Crippen LogP contribution in [0, 0.1) is 0 Å². The second-order valence-corrected chi connectivity index (χ2v) is 6.06. The molecule has 120 valence electrons. The highest BCUT2D eigenvalue weighted by molar-refractivity contribution is 9.09. The number of para-hydroxylation sites is 2. The van der Waals surface area contributed by atoms with E-state index >= 15 is 0 Å². The maximum Gasteiger partial charge on any atom is 0.0399 e. The molecule has 0 aromatic heterocycles. The van der Waals surface area contributed by atoms with E-state index in [0.29, 0.717) is 5.88 Å². The molecule has 0 heterocycles. The van der Waals surface area contributed by atoms with E-state index in [1.54, 1.807) is 0 Å². The second-order valence-electron chi connectivity index (χ2n) is 4.89. The number of alkyl halides is 2. The molecule has 0 radical (unpaired) electrons. The summed E-state index contributed by atoms with van der Waals surface area (Å²) in [5, 5.41) is 1.01. The van der Waals surface area contributed by atoms with Gasteiger partial charge in [-0.15, -0.1) is 11.6 Å². The minimum atomic E-state index is 0.672. The zero-order valence-electron chi connectivity index (χ0n) is 13.3. The molecular weight excluding hydrogens is 360 g/mol. The van der Waals surface area contributed by atoms with Crippen LogP contribution in [0.15, 0.2) is 60.7 Å². The van der Waals surface area contributed by atoms with Crippen LogP contribution in [0.25, 0.3) is 0 Å². The molecule has 0 spiro atoms. The van der Waals surface area contributed by atoms with Gasteiger partial charge in [-0.1, -0.05) is 52.3 Å². The molecule has 0 amide bonds. The van der Waals surface area contributed by atoms with Crippen molar-refractivity contribution in [2.45, 2.75) is 0 Å². The largest absolute Gasteiger partial charge is 0.374 e. The molecular formula is C18H24BrClN2. The summed E-state index contributed by atoms with van der Waals surface area (Å²) in [7, 11) is 4.13. The Hall–Kier alpha value is -1.19. The first-order chi connectivity index (χ1) is 10.7. The first-order valence-electron chi connectivity index (χ1n) is 7.33. The van der Waals surface area contributed by atoms with Crippen LogP contribution in [-0.4, -0.2) is 38.4 Å². The predicted octanol–water partition coefficient (Wildman–Crippen LogP) is 4.88. The number of hydrogen-bond acceptors (Lipinski definition) is 2. The number of halogens is 2. The zero-order valence-corrected chi connectivity index (χ0v) is 15.6. The lowest BCUT2D eigenvalue weighted by molar-refractivity contribution is 0.974. The van der Waals surface area contributed by atoms with Crippen LogP contribution in [-0.2, 0) is 0 Å². The topological polar surface area (TPSA) is 6.48 Å². The summed E-state index contributed by atoms with van der Waals surface area (Å²) in [4.78, 5) is 4.35. The molecule has 0 atom stereocenters. The fourth-order valence-corrected chi connectivity index (χ4v) is 2.66. The molecule has 0 aliphatic heterocycles. The van der Waals surface area contributed by atoms with Crippen molar-refractivity contribution in [2.75, 3.05) is 48.2 Å². The van der Waals surface area contributed by atoms with E-state index in [1.165, 1.54) is 11.4 Å². The minimum absolute atomic E-state index is 0.672. The number of benzene rings is 2. The first-order valence-corrected chi connectivity index (χ1v) is 8.99. The van der Waals surface area contributed by atoms with Crippen molar-refractivity contribution in [3.8, 4) is 0 Å². The van der Waals surface area contributed by atoms with Gasteiger partial charge in [-0.25, -0.2) is 0 Å². The molecule has 22 heavy (non-hydrogen) atoms. The average Bonchev–Trinajstić information content (AvgIpc) is 2.57. The lowest BCUT2D eigenvalue weighted by Crippen LogP contribution is -2.19. The first kappa shape index (κ1) is 18.9. The highest BCUT2D eigenvalue weighted by atomic mass is 79.9. The monoisotopic (exact) mass is 382 g/mol. The Bertz CT molecular complexity index is 445. The minimum Gasteiger partial charge on any atom is -0.374 e. The smallest absolute Gasteiger partial charge is 0.0399 e. The molecule has 0 bridgehead atoms. The van der Waals surface area contributed by atoms with Crippen molar-refractivity contribution < 1.29 is 0 Å². The fourth-order valence-electron chi connectivity index (χ4n) is 1.88. The molecule has 0 fully saturated rings. The molecule has 2 aromatic rings. The highest BCUT2D eigenvalue weighted by Crippen LogP contribution is 2.10. The Kier molecular flexibility index (Phi) is 9.76. The summed E-state index contributed by atoms with van der Waals surface area (Å²) in [6, 6.07) is 20.6. The molecule has 0 unspecified atom stereocenters. The molecule has 0 saturated carbocycles. The number of rotatable bonds is 6. The van der Waals surface area contributed by atoms with E-state index < -0.39 is 0 Å². The number of anilines is 2. The third-order valence-electron chi connectivity index (χ3n) is 3.23. The van der Waals surface area contributed by atoms with Crippen LogP contribution in [0.1, 0.15) is 0 Å². The summed E-state index contributed by atoms with van der Waals surface area (Å²) in [6.07, 6.45) is 0. The van der Waals surface area contributed by atoms with Gasteiger partial charge in [0.1, 0.15) is 0 Å². The van der Waals surface area contributed by atoms with Crippen LogP contribution in [0.4, 0.5) is 11.4 Å². The molecule has 0 N–H and O–H groups in total. The van der Waals surface area contributed by atoms with Crippen LogP contribution in [0.5, 0.6) is 0 Å². The Morgan fingerprint density at radius 2 is 1.18 bits per heavy atom. The van der Waals surface area contributed by atoms with E-state index in [2.05, 4.69) is 69.2 Å². The van der Waals surface area contributed by atoms with Gasteiger partial charge in [0.2, 0.25) is 0 Å². The second kappa shape index (κ2) is 11.4. The van der Waals surface area contributed by atoms with Gasteiger partial charge >= 0.3 is 0 Å². The fraction of sp³-hybridized carbons (Fsp3) is 0.333. The molecule has 2 rings (SSSR count). The summed E-state index contributed by atoms with van der Waals surface area (Å²) in [5.41, 5.74) is 2.49. The van der Waals surface area contributed by atoms with Crippen molar-refractivity contribution in [3.63, 3.8) is 0 Å². The van der Waals surface area contributed by atoms with Crippen molar-refractivity contribution >= 4 is 38.9 Å². The number of nitrogens with zero attached hydrogens (tertiary/aromatic N) is 2. The average molecular weight is 384 g/mol. The molecule has 2 aromatic carbocycles. The van der Waals surface area contributed by atoms with Gasteiger partial charge in [-0.2, -0.15) is 0 Å². The van der Waals surface area contributed by atoms with Gasteiger partial charge in [-0.05, 0) is 24.3 Å². The Morgan fingerprint density at radius 1 is 0.773 bits per heavy atom. The normalized spacial score (nSPS) is 9.64. The third kappa shape index (κ3) is 7.19. The van der Waals surface area contributed by atoms with Crippen LogP contribution < -0.4 is 9.80 Å². The molecule has 2 nitrogen and oxygen atoms in total. The maximum absolute atomic E-state index is 5.60. The lowest BCUT2D eigenvalue weighted by atomic mass is 10.3. The standard InChI is InChI=1S/C9H12BrN.C9H12ClN/c2*1-11(8-7-10)9-5-3-2-4-6-9/h2*2-6H,7-8H2,1H3. The van der Waals surface area contributed by atoms with Crippen molar-refractivity contribution in [2.24, 2.45) is 0 Å². The third-order valence-corrected chi connectivity index (χ3v) is 3.76. The van der Waals surface area contributed by atoms with Crippen molar-refractivity contribution in [1.82, 2.24) is 0 Å². The SMILES string of the molecule is CN(CCBr)c1ccccc1.CN(CCCl)c1ccccc1. The van der Waals surface area contributed by atoms with Crippen LogP contribution >= 0.6 is 27.5 Å².